The van der Waals surface area contributed by atoms with E-state index in [0.717, 1.165) is 47.6 Å². The highest BCUT2D eigenvalue weighted by atomic mass is 79.9. The summed E-state index contributed by atoms with van der Waals surface area (Å²) in [6.07, 6.45) is 2.11. The topological polar surface area (TPSA) is 179 Å². The van der Waals surface area contributed by atoms with Crippen LogP contribution in [0.15, 0.2) is 125 Å². The van der Waals surface area contributed by atoms with Crippen LogP contribution in [0.5, 0.6) is 23.5 Å². The average Bonchev–Trinajstić information content (AvgIpc) is 3.86. The van der Waals surface area contributed by atoms with Gasteiger partial charge in [-0.2, -0.15) is 9.97 Å². The molecule has 0 saturated heterocycles. The SMILES string of the molecule is C.CCCC(=O)c1cccc(Oc2nc3c(c(=O)n(C)c(=O)n3C)n2Cc2cccc(Br)c2)c1.CCCC(O)c1cccc(Oc2nc3c(c(=O)n(C)c(=O)n3C)n2Cc2cccc(Br)c2)c1.ClCCl. The first-order chi connectivity index (χ1) is 33.0. The molecule has 0 bridgehead atoms. The van der Waals surface area contributed by atoms with Crippen molar-refractivity contribution in [3.63, 3.8) is 0 Å². The number of alkyl halides is 2. The molecule has 70 heavy (non-hydrogen) atoms. The molecule has 0 amide bonds. The van der Waals surface area contributed by atoms with Crippen molar-refractivity contribution in [2.24, 2.45) is 28.2 Å². The second kappa shape index (κ2) is 24.7. The van der Waals surface area contributed by atoms with E-state index < -0.39 is 28.6 Å². The molecule has 1 N–H and O–H groups in total. The molecule has 0 aliphatic carbocycles. The van der Waals surface area contributed by atoms with Gasteiger partial charge in [0.25, 0.3) is 11.1 Å². The molecule has 20 heteroatoms. The normalized spacial score (nSPS) is 11.3. The maximum absolute atomic E-state index is 13.1. The number of aromatic nitrogens is 8. The highest BCUT2D eigenvalue weighted by Gasteiger charge is 2.23. The van der Waals surface area contributed by atoms with Gasteiger partial charge in [-0.3, -0.25) is 41.8 Å². The monoisotopic (exact) mass is 1120 g/mol. The smallest absolute Gasteiger partial charge is 0.332 e. The maximum atomic E-state index is 13.1. The summed E-state index contributed by atoms with van der Waals surface area (Å²) in [6, 6.07) is 29.8. The molecule has 16 nitrogen and oxygen atoms in total. The van der Waals surface area contributed by atoms with Crippen molar-refractivity contribution in [3.8, 4) is 23.5 Å². The average molecular weight is 1130 g/mol. The van der Waals surface area contributed by atoms with E-state index in [0.29, 0.717) is 43.0 Å². The number of aliphatic hydroxyl groups excluding tert-OH is 1. The fourth-order valence-electron chi connectivity index (χ4n) is 7.48. The molecule has 4 heterocycles. The van der Waals surface area contributed by atoms with Crippen LogP contribution >= 0.6 is 55.1 Å². The Morgan fingerprint density at radius 3 is 1.53 bits per heavy atom. The van der Waals surface area contributed by atoms with E-state index in [2.05, 4.69) is 41.8 Å². The van der Waals surface area contributed by atoms with Crippen LogP contribution in [0.25, 0.3) is 22.3 Å². The molecular formula is C50H54Br2Cl2N8O8. The number of nitrogens with zero attached hydrogens (tertiary/aromatic N) is 8. The predicted octanol–water partition coefficient (Wildman–Crippen LogP) is 9.95. The van der Waals surface area contributed by atoms with Gasteiger partial charge in [0.05, 0.1) is 24.5 Å². The third-order valence-electron chi connectivity index (χ3n) is 10.9. The van der Waals surface area contributed by atoms with Crippen LogP contribution in [-0.4, -0.2) is 53.6 Å². The van der Waals surface area contributed by atoms with E-state index in [1.165, 1.54) is 23.2 Å². The Hall–Kier alpha value is -6.05. The minimum Gasteiger partial charge on any atom is -0.425 e. The minimum atomic E-state index is -0.591. The highest BCUT2D eigenvalue weighted by Crippen LogP contribution is 2.30. The molecule has 0 fully saturated rings. The Balaban J connectivity index is 0.000000244. The summed E-state index contributed by atoms with van der Waals surface area (Å²) in [5.74, 6) is 0.932. The number of hydrogen-bond donors (Lipinski definition) is 1. The summed E-state index contributed by atoms with van der Waals surface area (Å²) >= 11 is 16.5. The molecule has 1 atom stereocenters. The van der Waals surface area contributed by atoms with Gasteiger partial charge in [0, 0.05) is 49.1 Å². The van der Waals surface area contributed by atoms with Crippen molar-refractivity contribution in [2.45, 2.75) is 66.2 Å². The van der Waals surface area contributed by atoms with Crippen molar-refractivity contribution in [3.05, 3.63) is 170 Å². The number of carbonyl (C=O) groups is 1. The van der Waals surface area contributed by atoms with Crippen molar-refractivity contribution >= 4 is 83.2 Å². The van der Waals surface area contributed by atoms with E-state index in [1.807, 2.05) is 68.4 Å². The Bertz CT molecular complexity index is 3400. The zero-order chi connectivity index (χ0) is 50.1. The number of Topliss-reactive ketones (excluding diaryl/α,β-unsaturated/α-hetero) is 1. The number of benzene rings is 4. The second-order valence-corrected chi connectivity index (χ2v) is 18.5. The number of carbonyl (C=O) groups excluding carboxylic acids is 1. The minimum absolute atomic E-state index is 0. The number of aryl methyl sites for hydroxylation is 2. The van der Waals surface area contributed by atoms with Crippen molar-refractivity contribution < 1.29 is 19.4 Å². The number of hydrogen-bond acceptors (Lipinski definition) is 10. The third-order valence-corrected chi connectivity index (χ3v) is 11.9. The molecule has 1 unspecified atom stereocenters. The first-order valence-corrected chi connectivity index (χ1v) is 24.4. The molecule has 370 valence electrons. The van der Waals surface area contributed by atoms with E-state index in [-0.39, 0.29) is 52.9 Å². The standard InChI is InChI=1S/C24H25BrN4O4.C24H23BrN4O4.CH2Cl2.CH4/c2*1-4-7-19(30)16-9-6-11-18(13-16)33-23-26-21-20(22(31)28(3)24(32)27(21)2)29(23)14-15-8-5-10-17(25)12-15;2-1-3;/h5-6,8-13,19,30H,4,7,14H2,1-3H3;5-6,8-13H,4,7,14H2,1-3H3;1H2;1H4. The van der Waals surface area contributed by atoms with E-state index in [1.54, 1.807) is 65.7 Å². The number of rotatable bonds is 14. The largest absolute Gasteiger partial charge is 0.425 e. The van der Waals surface area contributed by atoms with Gasteiger partial charge in [-0.15, -0.1) is 23.2 Å². The summed E-state index contributed by atoms with van der Waals surface area (Å²) in [7, 11) is 6.02. The molecule has 4 aromatic heterocycles. The summed E-state index contributed by atoms with van der Waals surface area (Å²) in [4.78, 5) is 72.4. The number of aliphatic hydroxyl groups is 1. The van der Waals surface area contributed by atoms with E-state index in [9.17, 15) is 29.1 Å². The number of imidazole rings is 2. The molecular weight excluding hydrogens is 1070 g/mol. The number of halogens is 4. The Morgan fingerprint density at radius 2 is 1.09 bits per heavy atom. The lowest BCUT2D eigenvalue weighted by molar-refractivity contribution is 0.0981. The molecule has 0 aliphatic rings. The summed E-state index contributed by atoms with van der Waals surface area (Å²) in [6.45, 7) is 4.58. The zero-order valence-corrected chi connectivity index (χ0v) is 43.3. The lowest BCUT2D eigenvalue weighted by Gasteiger charge is -2.13. The van der Waals surface area contributed by atoms with Crippen molar-refractivity contribution in [2.75, 3.05) is 5.34 Å². The first kappa shape index (κ1) is 54.9. The molecule has 0 aliphatic heterocycles. The summed E-state index contributed by atoms with van der Waals surface area (Å²) < 4.78 is 22.1. The van der Waals surface area contributed by atoms with Gasteiger partial charge in [-0.25, -0.2) is 9.59 Å². The molecule has 4 aromatic carbocycles. The van der Waals surface area contributed by atoms with Gasteiger partial charge in [-0.05, 0) is 78.1 Å². The summed E-state index contributed by atoms with van der Waals surface area (Å²) in [5.41, 5.74) is 2.29. The lowest BCUT2D eigenvalue weighted by Crippen LogP contribution is -2.37. The van der Waals surface area contributed by atoms with Crippen LogP contribution in [0.4, 0.5) is 0 Å². The fourth-order valence-corrected chi connectivity index (χ4v) is 8.37. The first-order valence-electron chi connectivity index (χ1n) is 21.7. The third kappa shape index (κ3) is 12.5. The molecule has 0 saturated carbocycles. The van der Waals surface area contributed by atoms with E-state index >= 15 is 0 Å². The van der Waals surface area contributed by atoms with Gasteiger partial charge in [0.1, 0.15) is 11.5 Å². The molecule has 8 aromatic rings. The van der Waals surface area contributed by atoms with Gasteiger partial charge < -0.3 is 14.6 Å². The van der Waals surface area contributed by atoms with Crippen molar-refractivity contribution in [1.29, 1.82) is 0 Å². The fraction of sp³-hybridized carbons (Fsp3) is 0.300. The van der Waals surface area contributed by atoms with Gasteiger partial charge in [-0.1, -0.05) is 108 Å². The Morgan fingerprint density at radius 1 is 0.643 bits per heavy atom. The van der Waals surface area contributed by atoms with Gasteiger partial charge >= 0.3 is 23.4 Å². The van der Waals surface area contributed by atoms with Crippen LogP contribution in [0.1, 0.15) is 80.1 Å². The number of ether oxygens (including phenoxy) is 2. The second-order valence-electron chi connectivity index (χ2n) is 15.9. The van der Waals surface area contributed by atoms with Crippen molar-refractivity contribution in [1.82, 2.24) is 37.4 Å². The number of ketones is 1. The Labute approximate surface area is 430 Å². The van der Waals surface area contributed by atoms with Crippen LogP contribution in [0, 0.1) is 0 Å². The summed E-state index contributed by atoms with van der Waals surface area (Å²) in [5, 5.41) is 10.6. The molecule has 0 spiro atoms. The van der Waals surface area contributed by atoms with Crippen LogP contribution in [-0.2, 0) is 41.3 Å². The van der Waals surface area contributed by atoms with Gasteiger partial charge in [0.15, 0.2) is 28.1 Å². The maximum Gasteiger partial charge on any atom is 0.332 e. The Kier molecular flexibility index (Phi) is 19.3. The lowest BCUT2D eigenvalue weighted by atomic mass is 10.1. The number of fused-ring (bicyclic) bond motifs is 2. The predicted molar refractivity (Wildman–Crippen MR) is 282 cm³/mol. The zero-order valence-electron chi connectivity index (χ0n) is 38.7. The van der Waals surface area contributed by atoms with Crippen LogP contribution in [0.3, 0.4) is 0 Å². The molecule has 8 rings (SSSR count). The molecule has 0 radical (unpaired) electrons. The quantitative estimate of drug-likeness (QED) is 0.0814. The van der Waals surface area contributed by atoms with Crippen LogP contribution < -0.4 is 32.0 Å². The van der Waals surface area contributed by atoms with Gasteiger partial charge in [0.2, 0.25) is 0 Å². The van der Waals surface area contributed by atoms with Crippen LogP contribution in [0.2, 0.25) is 0 Å². The highest BCUT2D eigenvalue weighted by molar-refractivity contribution is 9.10. The van der Waals surface area contributed by atoms with E-state index in [4.69, 9.17) is 32.7 Å².